The zero-order chi connectivity index (χ0) is 10.3. The highest BCUT2D eigenvalue weighted by Gasteiger charge is 2.16. The third-order valence-electron chi connectivity index (χ3n) is 0.805. The maximum Gasteiger partial charge on any atom is 0.402 e. The van der Waals surface area contributed by atoms with Crippen molar-refractivity contribution in [3.05, 3.63) is 0 Å². The first-order valence-electron chi connectivity index (χ1n) is 2.94. The first-order valence-corrected chi connectivity index (χ1v) is 2.94. The summed E-state index contributed by atoms with van der Waals surface area (Å²) in [6, 6.07) is -1.16. The van der Waals surface area contributed by atoms with Crippen LogP contribution >= 0.6 is 0 Å². The molecule has 0 aromatic heterocycles. The van der Waals surface area contributed by atoms with Crippen molar-refractivity contribution < 1.29 is 24.9 Å². The van der Waals surface area contributed by atoms with Crippen molar-refractivity contribution in [3.63, 3.8) is 0 Å². The lowest BCUT2D eigenvalue weighted by atomic mass is 10.2. The Bertz CT molecular complexity index is 154. The highest BCUT2D eigenvalue weighted by Crippen LogP contribution is 1.85. The van der Waals surface area contributed by atoms with Gasteiger partial charge in [0.25, 0.3) is 0 Å². The van der Waals surface area contributed by atoms with Gasteiger partial charge >= 0.3 is 12.1 Å². The molecule has 0 saturated carbocycles. The molecule has 0 spiro atoms. The molecule has 0 fully saturated rings. The van der Waals surface area contributed by atoms with Gasteiger partial charge in [-0.25, -0.2) is 4.79 Å². The lowest BCUT2D eigenvalue weighted by molar-refractivity contribution is -0.140. The second-order valence-corrected chi connectivity index (χ2v) is 1.94. The predicted octanol–water partition coefficient (Wildman–Crippen LogP) is -1.60. The van der Waals surface area contributed by atoms with Crippen molar-refractivity contribution in [2.45, 2.75) is 19.1 Å². The number of carboxylic acid groups (broad SMARTS) is 2. The smallest absolute Gasteiger partial charge is 0.402 e. The minimum Gasteiger partial charge on any atom is -0.480 e. The van der Waals surface area contributed by atoms with Crippen LogP contribution in [0.5, 0.6) is 0 Å². The van der Waals surface area contributed by atoms with Gasteiger partial charge in [-0.05, 0) is 6.92 Å². The fourth-order valence-electron chi connectivity index (χ4n) is 0.206. The van der Waals surface area contributed by atoms with Gasteiger partial charge in [0.1, 0.15) is 6.04 Å². The minimum atomic E-state index is -1.33. The number of amides is 1. The molecule has 0 aromatic rings. The van der Waals surface area contributed by atoms with Crippen LogP contribution in [-0.2, 0) is 4.79 Å². The molecule has 0 unspecified atom stereocenters. The van der Waals surface area contributed by atoms with E-state index in [1.165, 1.54) is 6.92 Å². The van der Waals surface area contributed by atoms with Gasteiger partial charge in [0.2, 0.25) is 0 Å². The third kappa shape index (κ3) is 11.5. The number of hydrogen-bond donors (Lipinski definition) is 5. The van der Waals surface area contributed by atoms with Gasteiger partial charge in [0.05, 0.1) is 6.10 Å². The Hall–Kier alpha value is -1.34. The summed E-state index contributed by atoms with van der Waals surface area (Å²) in [6.07, 6.45) is -2.31. The van der Waals surface area contributed by atoms with Gasteiger partial charge in [-0.1, -0.05) is 0 Å². The number of hydrogen-bond acceptors (Lipinski definition) is 4. The van der Waals surface area contributed by atoms with E-state index in [4.69, 9.17) is 25.8 Å². The van der Waals surface area contributed by atoms with Gasteiger partial charge in [-0.2, -0.15) is 0 Å². The van der Waals surface area contributed by atoms with E-state index in [-0.39, 0.29) is 0 Å². The molecule has 7 heteroatoms. The number of carbonyl (C=O) groups is 2. The van der Waals surface area contributed by atoms with Crippen LogP contribution in [0.25, 0.3) is 0 Å². The Morgan fingerprint density at radius 3 is 1.58 bits per heavy atom. The minimum absolute atomic E-state index is 0.979. The summed E-state index contributed by atoms with van der Waals surface area (Å²) in [7, 11) is 0. The van der Waals surface area contributed by atoms with E-state index in [9.17, 15) is 4.79 Å². The fourth-order valence-corrected chi connectivity index (χ4v) is 0.206. The lowest BCUT2D eigenvalue weighted by Gasteiger charge is -2.06. The molecule has 0 bridgehead atoms. The van der Waals surface area contributed by atoms with Gasteiger partial charge in [-0.3, -0.25) is 4.79 Å². The molecule has 0 radical (unpaired) electrons. The van der Waals surface area contributed by atoms with Crippen molar-refractivity contribution in [3.8, 4) is 0 Å². The predicted molar refractivity (Wildman–Crippen MR) is 39.5 cm³/mol. The normalized spacial score (nSPS) is 13.6. The second-order valence-electron chi connectivity index (χ2n) is 1.94. The van der Waals surface area contributed by atoms with E-state index in [0.29, 0.717) is 0 Å². The molecule has 0 saturated heterocycles. The molecule has 0 aliphatic carbocycles. The largest absolute Gasteiger partial charge is 0.480 e. The molecule has 72 valence electrons. The number of aliphatic hydroxyl groups excluding tert-OH is 1. The summed E-state index contributed by atoms with van der Waals surface area (Å²) < 4.78 is 0. The Morgan fingerprint density at radius 1 is 1.33 bits per heavy atom. The Morgan fingerprint density at radius 2 is 1.58 bits per heavy atom. The van der Waals surface area contributed by atoms with Crippen LogP contribution in [0.4, 0.5) is 4.79 Å². The maximum absolute atomic E-state index is 9.86. The number of primary amides is 1. The zero-order valence-electron chi connectivity index (χ0n) is 6.47. The molecule has 1 amide bonds. The summed E-state index contributed by atoms with van der Waals surface area (Å²) in [6.45, 7) is 1.33. The van der Waals surface area contributed by atoms with Crippen molar-refractivity contribution in [1.29, 1.82) is 0 Å². The van der Waals surface area contributed by atoms with Gasteiger partial charge in [0, 0.05) is 0 Å². The van der Waals surface area contributed by atoms with Crippen LogP contribution in [-0.4, -0.2) is 39.5 Å². The summed E-state index contributed by atoms with van der Waals surface area (Å²) >= 11 is 0. The Balaban J connectivity index is 0. The van der Waals surface area contributed by atoms with Crippen LogP contribution < -0.4 is 11.5 Å². The highest BCUT2D eigenvalue weighted by molar-refractivity contribution is 5.73. The zero-order valence-corrected chi connectivity index (χ0v) is 6.47. The standard InChI is InChI=1S/C4H9NO3.CH3NO2/c1-2(6)3(5)4(7)8;2-1(3)4/h2-3,6H,5H2,1H3,(H,7,8);2H2,(H,3,4)/t2-,3+;/m1./s1. The Kier molecular flexibility index (Phi) is 7.05. The number of rotatable bonds is 2. The molecule has 0 aliphatic heterocycles. The van der Waals surface area contributed by atoms with Crippen LogP contribution in [0, 0.1) is 0 Å². The van der Waals surface area contributed by atoms with Gasteiger partial charge in [0.15, 0.2) is 0 Å². The van der Waals surface area contributed by atoms with E-state index in [1.807, 2.05) is 0 Å². The van der Waals surface area contributed by atoms with Crippen molar-refractivity contribution >= 4 is 12.1 Å². The van der Waals surface area contributed by atoms with E-state index in [2.05, 4.69) is 5.73 Å². The highest BCUT2D eigenvalue weighted by atomic mass is 16.4. The third-order valence-corrected chi connectivity index (χ3v) is 0.805. The van der Waals surface area contributed by atoms with E-state index < -0.39 is 24.2 Å². The molecular formula is C5H12N2O5. The molecule has 7 N–H and O–H groups in total. The second kappa shape index (κ2) is 6.38. The van der Waals surface area contributed by atoms with Crippen LogP contribution in [0.15, 0.2) is 0 Å². The Labute approximate surface area is 68.6 Å². The topological polar surface area (TPSA) is 147 Å². The number of aliphatic hydroxyl groups is 1. The first-order chi connectivity index (χ1) is 5.29. The van der Waals surface area contributed by atoms with Crippen molar-refractivity contribution in [1.82, 2.24) is 0 Å². The SMILES string of the molecule is C[C@@H](O)[C@H](N)C(=O)O.NC(=O)O. The molecule has 12 heavy (non-hydrogen) atoms. The average molecular weight is 180 g/mol. The fraction of sp³-hybridized carbons (Fsp3) is 0.600. The van der Waals surface area contributed by atoms with E-state index in [0.717, 1.165) is 0 Å². The lowest BCUT2D eigenvalue weighted by Crippen LogP contribution is -2.39. The molecule has 2 atom stereocenters. The molecule has 0 rings (SSSR count). The first kappa shape index (κ1) is 13.3. The van der Waals surface area contributed by atoms with Gasteiger partial charge in [-0.15, -0.1) is 0 Å². The molecule has 0 aliphatic rings. The summed E-state index contributed by atoms with van der Waals surface area (Å²) in [5.41, 5.74) is 8.94. The van der Waals surface area contributed by atoms with Crippen LogP contribution in [0.3, 0.4) is 0 Å². The van der Waals surface area contributed by atoms with Crippen LogP contribution in [0.2, 0.25) is 0 Å². The number of carboxylic acids is 1. The van der Waals surface area contributed by atoms with Gasteiger partial charge < -0.3 is 26.8 Å². The molecular weight excluding hydrogens is 168 g/mol. The van der Waals surface area contributed by atoms with Crippen LogP contribution in [0.1, 0.15) is 6.92 Å². The number of aliphatic carboxylic acids is 1. The summed E-state index contributed by atoms with van der Waals surface area (Å²) in [5.74, 6) is -1.18. The monoisotopic (exact) mass is 180 g/mol. The van der Waals surface area contributed by atoms with E-state index in [1.54, 1.807) is 0 Å². The quantitative estimate of drug-likeness (QED) is 0.346. The number of nitrogens with two attached hydrogens (primary N) is 2. The van der Waals surface area contributed by atoms with Crippen molar-refractivity contribution in [2.24, 2.45) is 11.5 Å². The summed E-state index contributed by atoms with van der Waals surface area (Å²) in [4.78, 5) is 18.6. The van der Waals surface area contributed by atoms with Crippen molar-refractivity contribution in [2.75, 3.05) is 0 Å². The molecule has 0 aromatic carbocycles. The average Bonchev–Trinajstić information content (AvgIpc) is 1.84. The van der Waals surface area contributed by atoms with E-state index >= 15 is 0 Å². The summed E-state index contributed by atoms with van der Waals surface area (Å²) in [5, 5.41) is 23.7. The maximum atomic E-state index is 9.86. The molecule has 7 nitrogen and oxygen atoms in total. The molecule has 0 heterocycles.